The Morgan fingerprint density at radius 1 is 1.24 bits per heavy atom. The van der Waals surface area contributed by atoms with Crippen LogP contribution in [0.5, 0.6) is 0 Å². The Kier molecular flexibility index (Phi) is 5.41. The number of likely N-dealkylation sites (tertiary alicyclic amines) is 1. The lowest BCUT2D eigenvalue weighted by Gasteiger charge is -2.15. The van der Waals surface area contributed by atoms with Gasteiger partial charge in [0.25, 0.3) is 5.91 Å². The number of carbonyl (C=O) groups excluding carboxylic acids is 2. The minimum atomic E-state index is -0.164. The minimum Gasteiger partial charge on any atom is -0.431 e. The highest BCUT2D eigenvalue weighted by Crippen LogP contribution is 2.22. The standard InChI is InChI=1S/C21H23N5O3/c1-25-14-22-11-17(25)9-19(27)23-10-15-7-8-26(13-15)21(28)18-12-24-20(29-18)16-5-3-2-4-6-16/h2-6,11-12,14-15H,7-10,13H2,1H3,(H,23,27)/t15-/m1/s1. The molecule has 0 aliphatic carbocycles. The molecule has 1 atom stereocenters. The lowest BCUT2D eigenvalue weighted by molar-refractivity contribution is -0.120. The summed E-state index contributed by atoms with van der Waals surface area (Å²) in [5.41, 5.74) is 1.70. The predicted molar refractivity (Wildman–Crippen MR) is 106 cm³/mol. The quantitative estimate of drug-likeness (QED) is 0.690. The normalized spacial score (nSPS) is 16.2. The fourth-order valence-electron chi connectivity index (χ4n) is 3.47. The SMILES string of the molecule is Cn1cncc1CC(=O)NC[C@H]1CCN(C(=O)c2cnc(-c3ccccc3)o2)C1. The zero-order chi connectivity index (χ0) is 20.2. The van der Waals surface area contributed by atoms with Gasteiger partial charge in [0.2, 0.25) is 17.6 Å². The third-order valence-electron chi connectivity index (χ3n) is 5.16. The molecular weight excluding hydrogens is 370 g/mol. The smallest absolute Gasteiger partial charge is 0.291 e. The van der Waals surface area contributed by atoms with Crippen LogP contribution in [-0.2, 0) is 18.3 Å². The van der Waals surface area contributed by atoms with Gasteiger partial charge in [-0.3, -0.25) is 9.59 Å². The van der Waals surface area contributed by atoms with Gasteiger partial charge in [-0.2, -0.15) is 0 Å². The highest BCUT2D eigenvalue weighted by Gasteiger charge is 2.29. The van der Waals surface area contributed by atoms with Crippen LogP contribution in [0.3, 0.4) is 0 Å². The van der Waals surface area contributed by atoms with Crippen LogP contribution < -0.4 is 5.32 Å². The van der Waals surface area contributed by atoms with Gasteiger partial charge >= 0.3 is 0 Å². The maximum Gasteiger partial charge on any atom is 0.291 e. The Bertz CT molecular complexity index is 995. The molecule has 0 unspecified atom stereocenters. The molecule has 29 heavy (non-hydrogen) atoms. The van der Waals surface area contributed by atoms with E-state index in [0.29, 0.717) is 31.9 Å². The molecule has 3 heterocycles. The molecule has 0 saturated carbocycles. The number of rotatable bonds is 6. The van der Waals surface area contributed by atoms with E-state index in [1.807, 2.05) is 41.9 Å². The number of nitrogens with one attached hydrogen (secondary N) is 1. The average Bonchev–Trinajstić information content (AvgIpc) is 3.48. The lowest BCUT2D eigenvalue weighted by Crippen LogP contribution is -2.33. The summed E-state index contributed by atoms with van der Waals surface area (Å²) < 4.78 is 7.50. The highest BCUT2D eigenvalue weighted by molar-refractivity contribution is 5.91. The maximum atomic E-state index is 12.7. The molecule has 1 saturated heterocycles. The third-order valence-corrected chi connectivity index (χ3v) is 5.16. The first-order chi connectivity index (χ1) is 14.1. The average molecular weight is 393 g/mol. The zero-order valence-electron chi connectivity index (χ0n) is 16.2. The van der Waals surface area contributed by atoms with Gasteiger partial charge in [0.1, 0.15) is 0 Å². The number of oxazole rings is 1. The van der Waals surface area contributed by atoms with E-state index in [-0.39, 0.29) is 23.5 Å². The summed E-state index contributed by atoms with van der Waals surface area (Å²) >= 11 is 0. The second-order valence-corrected chi connectivity index (χ2v) is 7.28. The molecule has 1 fully saturated rings. The maximum absolute atomic E-state index is 12.7. The number of nitrogens with zero attached hydrogens (tertiary/aromatic N) is 4. The number of amides is 2. The van der Waals surface area contributed by atoms with Crippen molar-refractivity contribution in [2.75, 3.05) is 19.6 Å². The van der Waals surface area contributed by atoms with E-state index in [0.717, 1.165) is 17.7 Å². The molecule has 1 aliphatic heterocycles. The van der Waals surface area contributed by atoms with Gasteiger partial charge in [-0.25, -0.2) is 9.97 Å². The monoisotopic (exact) mass is 393 g/mol. The Morgan fingerprint density at radius 3 is 2.83 bits per heavy atom. The molecule has 8 nitrogen and oxygen atoms in total. The molecule has 150 valence electrons. The van der Waals surface area contributed by atoms with Gasteiger partial charge in [0.05, 0.1) is 18.9 Å². The minimum absolute atomic E-state index is 0.0406. The van der Waals surface area contributed by atoms with Gasteiger partial charge < -0.3 is 19.2 Å². The van der Waals surface area contributed by atoms with Crippen LogP contribution in [0.1, 0.15) is 22.7 Å². The topological polar surface area (TPSA) is 93.3 Å². The Morgan fingerprint density at radius 2 is 2.07 bits per heavy atom. The molecule has 0 bridgehead atoms. The van der Waals surface area contributed by atoms with E-state index in [2.05, 4.69) is 15.3 Å². The number of imidazole rings is 1. The lowest BCUT2D eigenvalue weighted by atomic mass is 10.1. The van der Waals surface area contributed by atoms with E-state index in [9.17, 15) is 9.59 Å². The van der Waals surface area contributed by atoms with Crippen LogP contribution in [-0.4, -0.2) is 50.9 Å². The summed E-state index contributed by atoms with van der Waals surface area (Å²) in [5, 5.41) is 2.96. The van der Waals surface area contributed by atoms with Gasteiger partial charge in [-0.15, -0.1) is 0 Å². The summed E-state index contributed by atoms with van der Waals surface area (Å²) in [6, 6.07) is 9.49. The highest BCUT2D eigenvalue weighted by atomic mass is 16.4. The third kappa shape index (κ3) is 4.37. The van der Waals surface area contributed by atoms with Gasteiger partial charge in [0, 0.05) is 44.1 Å². The van der Waals surface area contributed by atoms with Crippen LogP contribution in [0.15, 0.2) is 53.5 Å². The number of benzene rings is 1. The van der Waals surface area contributed by atoms with E-state index in [1.165, 1.54) is 6.20 Å². The predicted octanol–water partition coefficient (Wildman–Crippen LogP) is 1.90. The van der Waals surface area contributed by atoms with Crippen molar-refractivity contribution < 1.29 is 14.0 Å². The summed E-state index contributed by atoms with van der Waals surface area (Å²) in [6.07, 6.45) is 5.99. The number of carbonyl (C=O) groups is 2. The second kappa shape index (κ2) is 8.30. The van der Waals surface area contributed by atoms with Crippen molar-refractivity contribution in [2.24, 2.45) is 13.0 Å². The molecule has 2 amide bonds. The molecule has 1 aromatic carbocycles. The molecular formula is C21H23N5O3. The number of hydrogen-bond acceptors (Lipinski definition) is 5. The first-order valence-electron chi connectivity index (χ1n) is 9.62. The largest absolute Gasteiger partial charge is 0.431 e. The molecule has 1 N–H and O–H groups in total. The Balaban J connectivity index is 1.28. The van der Waals surface area contributed by atoms with Crippen LogP contribution in [0.4, 0.5) is 0 Å². The van der Waals surface area contributed by atoms with Crippen molar-refractivity contribution in [2.45, 2.75) is 12.8 Å². The molecule has 0 spiro atoms. The van der Waals surface area contributed by atoms with Crippen LogP contribution in [0.25, 0.3) is 11.5 Å². The molecule has 4 rings (SSSR count). The van der Waals surface area contributed by atoms with Crippen molar-refractivity contribution in [1.82, 2.24) is 24.8 Å². The fraction of sp³-hybridized carbons (Fsp3) is 0.333. The van der Waals surface area contributed by atoms with E-state index in [1.54, 1.807) is 17.4 Å². The molecule has 1 aliphatic rings. The summed E-state index contributed by atoms with van der Waals surface area (Å²) in [4.78, 5) is 34.9. The second-order valence-electron chi connectivity index (χ2n) is 7.28. The Hall–Kier alpha value is -3.42. The van der Waals surface area contributed by atoms with E-state index >= 15 is 0 Å². The zero-order valence-corrected chi connectivity index (χ0v) is 16.2. The summed E-state index contributed by atoms with van der Waals surface area (Å²) in [6.45, 7) is 1.78. The molecule has 0 radical (unpaired) electrons. The Labute approximate surface area is 168 Å². The summed E-state index contributed by atoms with van der Waals surface area (Å²) in [7, 11) is 1.86. The number of hydrogen-bond donors (Lipinski definition) is 1. The van der Waals surface area contributed by atoms with Crippen molar-refractivity contribution in [3.63, 3.8) is 0 Å². The van der Waals surface area contributed by atoms with E-state index in [4.69, 9.17) is 4.42 Å². The van der Waals surface area contributed by atoms with E-state index < -0.39 is 0 Å². The van der Waals surface area contributed by atoms with Crippen molar-refractivity contribution >= 4 is 11.8 Å². The van der Waals surface area contributed by atoms with Crippen LogP contribution >= 0.6 is 0 Å². The number of aromatic nitrogens is 3. The molecule has 3 aromatic rings. The van der Waals surface area contributed by atoms with Gasteiger partial charge in [-0.1, -0.05) is 18.2 Å². The number of aryl methyl sites for hydroxylation is 1. The van der Waals surface area contributed by atoms with Crippen molar-refractivity contribution in [3.8, 4) is 11.5 Å². The first-order valence-corrected chi connectivity index (χ1v) is 9.62. The molecule has 8 heteroatoms. The van der Waals surface area contributed by atoms with Gasteiger partial charge in [-0.05, 0) is 24.5 Å². The van der Waals surface area contributed by atoms with Crippen molar-refractivity contribution in [1.29, 1.82) is 0 Å². The van der Waals surface area contributed by atoms with Crippen molar-refractivity contribution in [3.05, 3.63) is 60.5 Å². The van der Waals surface area contributed by atoms with Gasteiger partial charge in [0.15, 0.2) is 0 Å². The summed E-state index contributed by atoms with van der Waals surface area (Å²) in [5.74, 6) is 0.701. The first kappa shape index (κ1) is 18.9. The van der Waals surface area contributed by atoms with Crippen LogP contribution in [0, 0.1) is 5.92 Å². The van der Waals surface area contributed by atoms with Crippen LogP contribution in [0.2, 0.25) is 0 Å². The molecule has 2 aromatic heterocycles. The fourth-order valence-corrected chi connectivity index (χ4v) is 3.47.